The molecule has 0 unspecified atom stereocenters. The number of hydrogen-bond acceptors (Lipinski definition) is 4. The third-order valence-corrected chi connectivity index (χ3v) is 2.11. The summed E-state index contributed by atoms with van der Waals surface area (Å²) in [6, 6.07) is 0. The van der Waals surface area contributed by atoms with Crippen molar-refractivity contribution in [3.8, 4) is 0 Å². The largest absolute Gasteiger partial charge is 0.373 e. The maximum atomic E-state index is 5.58. The van der Waals surface area contributed by atoms with E-state index in [1.807, 2.05) is 0 Å². The minimum absolute atomic E-state index is 0.431. The predicted molar refractivity (Wildman–Crippen MR) is 58.2 cm³/mol. The smallest absolute Gasteiger partial charge is 0.159 e. The SMILES string of the molecule is CCCOCc1nnc(CN)n1CCC. The molecule has 0 amide bonds. The maximum absolute atomic E-state index is 5.58. The molecule has 5 nitrogen and oxygen atoms in total. The van der Waals surface area contributed by atoms with Crippen LogP contribution in [0.3, 0.4) is 0 Å². The van der Waals surface area contributed by atoms with Crippen molar-refractivity contribution in [1.82, 2.24) is 14.8 Å². The second-order valence-corrected chi connectivity index (χ2v) is 3.44. The fourth-order valence-corrected chi connectivity index (χ4v) is 1.42. The monoisotopic (exact) mass is 212 g/mol. The number of nitrogens with two attached hydrogens (primary N) is 1. The van der Waals surface area contributed by atoms with Gasteiger partial charge in [-0.2, -0.15) is 0 Å². The van der Waals surface area contributed by atoms with Gasteiger partial charge in [0.05, 0.1) is 6.54 Å². The summed E-state index contributed by atoms with van der Waals surface area (Å²) in [5, 5.41) is 8.13. The Hall–Kier alpha value is -0.940. The van der Waals surface area contributed by atoms with E-state index in [1.165, 1.54) is 0 Å². The molecule has 0 fully saturated rings. The molecule has 0 radical (unpaired) electrons. The highest BCUT2D eigenvalue weighted by atomic mass is 16.5. The molecular weight excluding hydrogens is 192 g/mol. The van der Waals surface area contributed by atoms with Gasteiger partial charge in [0.2, 0.25) is 0 Å². The lowest BCUT2D eigenvalue weighted by molar-refractivity contribution is 0.113. The molecule has 1 aromatic heterocycles. The van der Waals surface area contributed by atoms with Crippen molar-refractivity contribution in [3.63, 3.8) is 0 Å². The lowest BCUT2D eigenvalue weighted by atomic mass is 10.4. The van der Waals surface area contributed by atoms with Crippen molar-refractivity contribution in [2.75, 3.05) is 6.61 Å². The van der Waals surface area contributed by atoms with Crippen LogP contribution in [-0.4, -0.2) is 21.4 Å². The van der Waals surface area contributed by atoms with E-state index in [0.29, 0.717) is 13.2 Å². The molecule has 0 bridgehead atoms. The van der Waals surface area contributed by atoms with E-state index in [9.17, 15) is 0 Å². The zero-order valence-electron chi connectivity index (χ0n) is 9.57. The summed E-state index contributed by atoms with van der Waals surface area (Å²) >= 11 is 0. The molecule has 1 heterocycles. The number of hydrogen-bond donors (Lipinski definition) is 1. The van der Waals surface area contributed by atoms with Crippen LogP contribution in [0.2, 0.25) is 0 Å². The van der Waals surface area contributed by atoms with Gasteiger partial charge in [0.1, 0.15) is 12.4 Å². The Morgan fingerprint density at radius 3 is 2.53 bits per heavy atom. The summed E-state index contributed by atoms with van der Waals surface area (Å²) in [6.07, 6.45) is 2.07. The number of rotatable bonds is 7. The van der Waals surface area contributed by atoms with Gasteiger partial charge in [-0.3, -0.25) is 0 Å². The van der Waals surface area contributed by atoms with Crippen molar-refractivity contribution in [2.24, 2.45) is 5.73 Å². The summed E-state index contributed by atoms with van der Waals surface area (Å²) in [5.41, 5.74) is 5.58. The zero-order chi connectivity index (χ0) is 11.1. The zero-order valence-corrected chi connectivity index (χ0v) is 9.57. The average Bonchev–Trinajstić information content (AvgIpc) is 2.62. The highest BCUT2D eigenvalue weighted by Gasteiger charge is 2.09. The molecule has 0 saturated carbocycles. The van der Waals surface area contributed by atoms with E-state index in [1.54, 1.807) is 0 Å². The van der Waals surface area contributed by atoms with Crippen LogP contribution in [-0.2, 0) is 24.4 Å². The second-order valence-electron chi connectivity index (χ2n) is 3.44. The maximum Gasteiger partial charge on any atom is 0.159 e. The summed E-state index contributed by atoms with van der Waals surface area (Å²) in [6.45, 7) is 6.84. The van der Waals surface area contributed by atoms with Crippen molar-refractivity contribution in [3.05, 3.63) is 11.6 Å². The van der Waals surface area contributed by atoms with Crippen molar-refractivity contribution >= 4 is 0 Å². The van der Waals surface area contributed by atoms with E-state index in [2.05, 4.69) is 28.6 Å². The van der Waals surface area contributed by atoms with Crippen LogP contribution in [0, 0.1) is 0 Å². The summed E-state index contributed by atoms with van der Waals surface area (Å²) < 4.78 is 7.50. The summed E-state index contributed by atoms with van der Waals surface area (Å²) in [7, 11) is 0. The summed E-state index contributed by atoms with van der Waals surface area (Å²) in [4.78, 5) is 0. The number of nitrogens with zero attached hydrogens (tertiary/aromatic N) is 3. The standard InChI is InChI=1S/C10H20N4O/c1-3-5-14-9(7-11)12-13-10(14)8-15-6-4-2/h3-8,11H2,1-2H3. The van der Waals surface area contributed by atoms with E-state index in [4.69, 9.17) is 10.5 Å². The molecule has 0 aromatic carbocycles. The minimum Gasteiger partial charge on any atom is -0.373 e. The summed E-state index contributed by atoms with van der Waals surface area (Å²) in [5.74, 6) is 1.72. The van der Waals surface area contributed by atoms with E-state index in [0.717, 1.165) is 37.6 Å². The van der Waals surface area contributed by atoms with Gasteiger partial charge < -0.3 is 15.0 Å². The molecule has 15 heavy (non-hydrogen) atoms. The van der Waals surface area contributed by atoms with Gasteiger partial charge in [-0.05, 0) is 12.8 Å². The van der Waals surface area contributed by atoms with Gasteiger partial charge in [0, 0.05) is 13.2 Å². The normalized spacial score (nSPS) is 10.9. The van der Waals surface area contributed by atoms with E-state index < -0.39 is 0 Å². The first-order valence-corrected chi connectivity index (χ1v) is 5.52. The Balaban J connectivity index is 2.64. The first-order chi connectivity index (χ1) is 7.33. The van der Waals surface area contributed by atoms with Gasteiger partial charge in [-0.1, -0.05) is 13.8 Å². The molecule has 0 saturated heterocycles. The van der Waals surface area contributed by atoms with Gasteiger partial charge >= 0.3 is 0 Å². The quantitative estimate of drug-likeness (QED) is 0.687. The molecule has 0 spiro atoms. The Morgan fingerprint density at radius 2 is 1.93 bits per heavy atom. The highest BCUT2D eigenvalue weighted by Crippen LogP contribution is 2.05. The fraction of sp³-hybridized carbons (Fsp3) is 0.800. The first-order valence-electron chi connectivity index (χ1n) is 5.52. The van der Waals surface area contributed by atoms with Crippen molar-refractivity contribution in [1.29, 1.82) is 0 Å². The molecule has 0 aliphatic rings. The van der Waals surface area contributed by atoms with Gasteiger partial charge in [0.25, 0.3) is 0 Å². The predicted octanol–water partition coefficient (Wildman–Crippen LogP) is 1.07. The molecule has 1 aromatic rings. The third-order valence-electron chi connectivity index (χ3n) is 2.11. The molecule has 2 N–H and O–H groups in total. The number of aromatic nitrogens is 3. The van der Waals surface area contributed by atoms with E-state index in [-0.39, 0.29) is 0 Å². The van der Waals surface area contributed by atoms with Crippen LogP contribution in [0.25, 0.3) is 0 Å². The van der Waals surface area contributed by atoms with Gasteiger partial charge in [0.15, 0.2) is 5.82 Å². The molecule has 0 aliphatic carbocycles. The molecule has 0 atom stereocenters. The van der Waals surface area contributed by atoms with Gasteiger partial charge in [-0.25, -0.2) is 0 Å². The highest BCUT2D eigenvalue weighted by molar-refractivity contribution is 4.94. The Morgan fingerprint density at radius 1 is 1.20 bits per heavy atom. The van der Waals surface area contributed by atoms with E-state index >= 15 is 0 Å². The Kier molecular flexibility index (Phi) is 5.28. The fourth-order valence-electron chi connectivity index (χ4n) is 1.42. The molecule has 0 aliphatic heterocycles. The molecule has 5 heteroatoms. The van der Waals surface area contributed by atoms with Crippen LogP contribution >= 0.6 is 0 Å². The van der Waals surface area contributed by atoms with Crippen LogP contribution in [0.15, 0.2) is 0 Å². The van der Waals surface area contributed by atoms with Crippen LogP contribution in [0.5, 0.6) is 0 Å². The van der Waals surface area contributed by atoms with Crippen molar-refractivity contribution < 1.29 is 4.74 Å². The first kappa shape index (κ1) is 12.1. The Labute approximate surface area is 90.6 Å². The lowest BCUT2D eigenvalue weighted by Gasteiger charge is -2.07. The average molecular weight is 212 g/mol. The topological polar surface area (TPSA) is 66.0 Å². The minimum atomic E-state index is 0.431. The van der Waals surface area contributed by atoms with Crippen molar-refractivity contribution in [2.45, 2.75) is 46.4 Å². The van der Waals surface area contributed by atoms with Crippen LogP contribution in [0.4, 0.5) is 0 Å². The number of ether oxygens (including phenoxy) is 1. The molecular formula is C10H20N4O. The molecule has 1 rings (SSSR count). The Bertz CT molecular complexity index is 285. The molecule has 86 valence electrons. The van der Waals surface area contributed by atoms with Gasteiger partial charge in [-0.15, -0.1) is 10.2 Å². The van der Waals surface area contributed by atoms with Crippen LogP contribution < -0.4 is 5.73 Å². The third kappa shape index (κ3) is 3.28. The second kappa shape index (κ2) is 6.53. The van der Waals surface area contributed by atoms with Crippen LogP contribution in [0.1, 0.15) is 38.3 Å². The lowest BCUT2D eigenvalue weighted by Crippen LogP contribution is -2.12.